The van der Waals surface area contributed by atoms with Crippen molar-refractivity contribution in [3.63, 3.8) is 0 Å². The summed E-state index contributed by atoms with van der Waals surface area (Å²) < 4.78 is 7.10. The Hall–Kier alpha value is -3.08. The van der Waals surface area contributed by atoms with Gasteiger partial charge in [-0.1, -0.05) is 56.3 Å². The maximum absolute atomic E-state index is 12.3. The molecule has 1 N–H and O–H groups in total. The number of rotatable bonds is 7. The van der Waals surface area contributed by atoms with Crippen molar-refractivity contribution in [3.05, 3.63) is 81.8 Å². The van der Waals surface area contributed by atoms with Crippen molar-refractivity contribution in [2.24, 2.45) is 0 Å². The molecule has 140 valence electrons. The van der Waals surface area contributed by atoms with Crippen LogP contribution in [-0.2, 0) is 19.4 Å². The van der Waals surface area contributed by atoms with Gasteiger partial charge >= 0.3 is 5.56 Å². The molecule has 3 rings (SSSR count). The highest BCUT2D eigenvalue weighted by atomic mass is 16.5. The molecular weight excluding hydrogens is 338 g/mol. The summed E-state index contributed by atoms with van der Waals surface area (Å²) in [5.41, 5.74) is 4.26. The number of aromatic nitrogens is 2. The molecule has 0 aliphatic heterocycles. The van der Waals surface area contributed by atoms with Gasteiger partial charge in [-0.15, -0.1) is 0 Å². The van der Waals surface area contributed by atoms with Gasteiger partial charge < -0.3 is 14.6 Å². The average Bonchev–Trinajstić information content (AvgIpc) is 2.70. The van der Waals surface area contributed by atoms with Gasteiger partial charge in [0.1, 0.15) is 0 Å². The zero-order valence-electron chi connectivity index (χ0n) is 16.0. The summed E-state index contributed by atoms with van der Waals surface area (Å²) in [7, 11) is 1.48. The van der Waals surface area contributed by atoms with Crippen molar-refractivity contribution in [2.45, 2.75) is 33.2 Å². The largest absolute Gasteiger partial charge is 0.490 e. The van der Waals surface area contributed by atoms with Gasteiger partial charge in [-0.3, -0.25) is 4.79 Å². The van der Waals surface area contributed by atoms with Crippen molar-refractivity contribution >= 4 is 11.6 Å². The van der Waals surface area contributed by atoms with Crippen molar-refractivity contribution < 1.29 is 4.74 Å². The lowest BCUT2D eigenvalue weighted by Crippen LogP contribution is -2.19. The number of benzene rings is 2. The first-order valence-corrected chi connectivity index (χ1v) is 9.23. The number of nitrogens with zero attached hydrogens (tertiary/aromatic N) is 2. The highest BCUT2D eigenvalue weighted by Gasteiger charge is 2.12. The Morgan fingerprint density at radius 3 is 2.48 bits per heavy atom. The van der Waals surface area contributed by atoms with Gasteiger partial charge in [-0.25, -0.2) is 0 Å². The third kappa shape index (κ3) is 4.19. The fourth-order valence-electron chi connectivity index (χ4n) is 3.23. The lowest BCUT2D eigenvalue weighted by molar-refractivity contribution is 0.402. The van der Waals surface area contributed by atoms with E-state index in [0.717, 1.165) is 24.1 Å². The molecule has 5 nitrogen and oxygen atoms in total. The SMILES string of the molecule is CCc1cccc(Nc2nc(=O)c(OC)cn2Cc2ccccc2)c1CC. The molecule has 0 atom stereocenters. The first-order valence-electron chi connectivity index (χ1n) is 9.23. The molecule has 1 aromatic heterocycles. The number of nitrogens with one attached hydrogen (secondary N) is 1. The molecule has 0 unspecified atom stereocenters. The van der Waals surface area contributed by atoms with Crippen LogP contribution >= 0.6 is 0 Å². The highest BCUT2D eigenvalue weighted by Crippen LogP contribution is 2.25. The van der Waals surface area contributed by atoms with E-state index < -0.39 is 0 Å². The predicted octanol–water partition coefficient (Wildman–Crippen LogP) is 4.17. The monoisotopic (exact) mass is 363 g/mol. The Morgan fingerprint density at radius 2 is 1.81 bits per heavy atom. The second-order valence-corrected chi connectivity index (χ2v) is 6.33. The smallest absolute Gasteiger partial charge is 0.316 e. The molecule has 0 radical (unpaired) electrons. The van der Waals surface area contributed by atoms with Gasteiger partial charge in [0, 0.05) is 5.69 Å². The Balaban J connectivity index is 2.04. The summed E-state index contributed by atoms with van der Waals surface area (Å²) in [5.74, 6) is 0.738. The second kappa shape index (κ2) is 8.54. The molecule has 0 aliphatic carbocycles. The fourth-order valence-corrected chi connectivity index (χ4v) is 3.23. The first-order chi connectivity index (χ1) is 13.2. The number of ether oxygens (including phenoxy) is 1. The Morgan fingerprint density at radius 1 is 1.04 bits per heavy atom. The first kappa shape index (κ1) is 18.7. The van der Waals surface area contributed by atoms with Crippen LogP contribution in [-0.4, -0.2) is 16.7 Å². The number of methoxy groups -OCH3 is 1. The minimum atomic E-state index is -0.381. The van der Waals surface area contributed by atoms with Crippen LogP contribution in [0.15, 0.2) is 59.5 Å². The number of hydrogen-bond acceptors (Lipinski definition) is 4. The molecule has 0 spiro atoms. The molecule has 2 aromatic carbocycles. The lowest BCUT2D eigenvalue weighted by Gasteiger charge is -2.18. The maximum Gasteiger partial charge on any atom is 0.316 e. The molecule has 3 aromatic rings. The Bertz CT molecular complexity index is 965. The zero-order chi connectivity index (χ0) is 19.2. The summed E-state index contributed by atoms with van der Waals surface area (Å²) >= 11 is 0. The van der Waals surface area contributed by atoms with Gasteiger partial charge in [0.05, 0.1) is 19.9 Å². The van der Waals surface area contributed by atoms with Gasteiger partial charge in [-0.2, -0.15) is 4.98 Å². The second-order valence-electron chi connectivity index (χ2n) is 6.33. The molecule has 0 amide bonds. The van der Waals surface area contributed by atoms with E-state index in [4.69, 9.17) is 4.74 Å². The minimum absolute atomic E-state index is 0.231. The molecule has 5 heteroatoms. The van der Waals surface area contributed by atoms with E-state index in [-0.39, 0.29) is 11.3 Å². The molecule has 0 saturated heterocycles. The summed E-state index contributed by atoms with van der Waals surface area (Å²) in [6, 6.07) is 16.3. The highest BCUT2D eigenvalue weighted by molar-refractivity contribution is 5.61. The fraction of sp³-hybridized carbons (Fsp3) is 0.273. The van der Waals surface area contributed by atoms with Crippen molar-refractivity contribution in [1.29, 1.82) is 0 Å². The van der Waals surface area contributed by atoms with Crippen LogP contribution in [0.1, 0.15) is 30.5 Å². The average molecular weight is 363 g/mol. The van der Waals surface area contributed by atoms with Crippen LogP contribution in [0.2, 0.25) is 0 Å². The number of aryl methyl sites for hydroxylation is 1. The van der Waals surface area contributed by atoms with Gasteiger partial charge in [0.25, 0.3) is 0 Å². The Kier molecular flexibility index (Phi) is 5.91. The van der Waals surface area contributed by atoms with Crippen molar-refractivity contribution in [1.82, 2.24) is 9.55 Å². The lowest BCUT2D eigenvalue weighted by atomic mass is 10.0. The summed E-state index contributed by atoms with van der Waals surface area (Å²) in [6.45, 7) is 4.87. The van der Waals surface area contributed by atoms with Crippen molar-refractivity contribution in [2.75, 3.05) is 12.4 Å². The van der Waals surface area contributed by atoms with Crippen LogP contribution in [0.25, 0.3) is 0 Å². The maximum atomic E-state index is 12.3. The topological polar surface area (TPSA) is 56.1 Å². The van der Waals surface area contributed by atoms with E-state index in [2.05, 4.69) is 30.2 Å². The van der Waals surface area contributed by atoms with Crippen LogP contribution in [0.4, 0.5) is 11.6 Å². The van der Waals surface area contributed by atoms with Crippen LogP contribution in [0.3, 0.4) is 0 Å². The van der Waals surface area contributed by atoms with Gasteiger partial charge in [0.2, 0.25) is 11.7 Å². The zero-order valence-corrected chi connectivity index (χ0v) is 16.0. The van der Waals surface area contributed by atoms with E-state index in [9.17, 15) is 4.79 Å². The van der Waals surface area contributed by atoms with E-state index in [1.54, 1.807) is 6.20 Å². The molecule has 0 bridgehead atoms. The molecular formula is C22H25N3O2. The van der Waals surface area contributed by atoms with E-state index >= 15 is 0 Å². The van der Waals surface area contributed by atoms with Crippen LogP contribution in [0, 0.1) is 0 Å². The summed E-state index contributed by atoms with van der Waals surface area (Å²) in [5, 5.41) is 3.38. The van der Waals surface area contributed by atoms with Crippen molar-refractivity contribution in [3.8, 4) is 5.75 Å². The molecule has 0 aliphatic rings. The quantitative estimate of drug-likeness (QED) is 0.684. The standard InChI is InChI=1S/C22H25N3O2/c1-4-17-12-9-13-19(18(17)5-2)23-22-24-21(26)20(27-3)15-25(22)14-16-10-7-6-8-11-16/h6-13,15H,4-5,14H2,1-3H3,(H,23,24,26). The Labute approximate surface area is 159 Å². The predicted molar refractivity (Wildman–Crippen MR) is 109 cm³/mol. The van der Waals surface area contributed by atoms with E-state index in [0.29, 0.717) is 12.5 Å². The molecule has 0 fully saturated rings. The summed E-state index contributed by atoms with van der Waals surface area (Å²) in [6.07, 6.45) is 3.58. The van der Waals surface area contributed by atoms with Crippen LogP contribution in [0.5, 0.6) is 5.75 Å². The van der Waals surface area contributed by atoms with Gasteiger partial charge in [0.15, 0.2) is 0 Å². The van der Waals surface area contributed by atoms with Crippen LogP contribution < -0.4 is 15.6 Å². The third-order valence-electron chi connectivity index (χ3n) is 4.63. The normalized spacial score (nSPS) is 10.6. The summed E-state index contributed by atoms with van der Waals surface area (Å²) in [4.78, 5) is 16.5. The minimum Gasteiger partial charge on any atom is -0.490 e. The number of anilines is 2. The van der Waals surface area contributed by atoms with E-state index in [1.807, 2.05) is 47.0 Å². The molecule has 0 saturated carbocycles. The third-order valence-corrected chi connectivity index (χ3v) is 4.63. The van der Waals surface area contributed by atoms with Gasteiger partial charge in [-0.05, 0) is 35.6 Å². The molecule has 27 heavy (non-hydrogen) atoms. The van der Waals surface area contributed by atoms with E-state index in [1.165, 1.54) is 18.2 Å². The molecule has 1 heterocycles. The number of hydrogen-bond donors (Lipinski definition) is 1.